The molecular formula is C21H23F2IN4O4. The van der Waals surface area contributed by atoms with Crippen molar-refractivity contribution in [3.63, 3.8) is 0 Å². The molecule has 0 fully saturated rings. The van der Waals surface area contributed by atoms with Crippen molar-refractivity contribution < 1.29 is 27.8 Å². The molecular weight excluding hydrogens is 537 g/mol. The van der Waals surface area contributed by atoms with Gasteiger partial charge in [-0.3, -0.25) is 9.79 Å². The molecule has 0 aromatic heterocycles. The summed E-state index contributed by atoms with van der Waals surface area (Å²) in [5, 5.41) is 5.97. The zero-order valence-electron chi connectivity index (χ0n) is 17.3. The van der Waals surface area contributed by atoms with Crippen molar-refractivity contribution in [3.05, 3.63) is 47.5 Å². The highest BCUT2D eigenvalue weighted by atomic mass is 127. The van der Waals surface area contributed by atoms with Gasteiger partial charge in [-0.1, -0.05) is 18.2 Å². The minimum Gasteiger partial charge on any atom is -0.454 e. The largest absolute Gasteiger partial charge is 0.454 e. The first-order valence-electron chi connectivity index (χ1n) is 9.75. The van der Waals surface area contributed by atoms with Crippen molar-refractivity contribution in [3.8, 4) is 17.2 Å². The number of anilines is 1. The van der Waals surface area contributed by atoms with Crippen molar-refractivity contribution in [2.24, 2.45) is 4.99 Å². The zero-order chi connectivity index (χ0) is 21.8. The standard InChI is InChI=1S/C21H22F2N4O4.HI/c1-24-21(26-11-19(28)27-7-6-13-4-2-3-5-15(13)27)25-10-14-8-17-18(30-12-29-17)9-16(14)31-20(22)23;/h2-5,8-9,20H,6-7,10-12H2,1H3,(H2,24,25,26);1H. The number of amides is 1. The highest BCUT2D eigenvalue weighted by Crippen LogP contribution is 2.38. The van der Waals surface area contributed by atoms with Gasteiger partial charge in [0.1, 0.15) is 5.75 Å². The number of halogens is 3. The average Bonchev–Trinajstić information content (AvgIpc) is 3.39. The summed E-state index contributed by atoms with van der Waals surface area (Å²) >= 11 is 0. The van der Waals surface area contributed by atoms with Crippen molar-refractivity contribution in [1.29, 1.82) is 0 Å². The van der Waals surface area contributed by atoms with E-state index < -0.39 is 6.61 Å². The number of carbonyl (C=O) groups is 1. The van der Waals surface area contributed by atoms with Crippen LogP contribution < -0.4 is 29.7 Å². The molecule has 2 aromatic carbocycles. The minimum absolute atomic E-state index is 0. The summed E-state index contributed by atoms with van der Waals surface area (Å²) in [6.45, 7) is -2.16. The van der Waals surface area contributed by atoms with E-state index in [4.69, 9.17) is 9.47 Å². The van der Waals surface area contributed by atoms with Gasteiger partial charge in [-0.15, -0.1) is 24.0 Å². The second-order valence-electron chi connectivity index (χ2n) is 6.90. The number of aliphatic imine (C=N–C) groups is 1. The lowest BCUT2D eigenvalue weighted by molar-refractivity contribution is -0.117. The Morgan fingerprint density at radius 1 is 1.22 bits per heavy atom. The molecule has 2 aromatic rings. The summed E-state index contributed by atoms with van der Waals surface area (Å²) in [5.74, 6) is 1.04. The van der Waals surface area contributed by atoms with E-state index in [0.29, 0.717) is 29.6 Å². The van der Waals surface area contributed by atoms with E-state index in [0.717, 1.165) is 17.7 Å². The maximum Gasteiger partial charge on any atom is 0.387 e. The normalized spacial score (nSPS) is 14.1. The van der Waals surface area contributed by atoms with Gasteiger partial charge in [-0.25, -0.2) is 0 Å². The van der Waals surface area contributed by atoms with Crippen LogP contribution in [0.4, 0.5) is 14.5 Å². The van der Waals surface area contributed by atoms with Crippen molar-refractivity contribution in [2.75, 3.05) is 31.8 Å². The molecule has 1 amide bonds. The molecule has 2 N–H and O–H groups in total. The fourth-order valence-electron chi connectivity index (χ4n) is 3.56. The Bertz CT molecular complexity index is 1010. The molecule has 4 rings (SSSR count). The van der Waals surface area contributed by atoms with E-state index in [1.165, 1.54) is 6.07 Å². The van der Waals surface area contributed by atoms with Gasteiger partial charge in [-0.05, 0) is 24.1 Å². The molecule has 2 aliphatic rings. The lowest BCUT2D eigenvalue weighted by Crippen LogP contribution is -2.44. The Morgan fingerprint density at radius 2 is 1.97 bits per heavy atom. The summed E-state index contributed by atoms with van der Waals surface area (Å²) < 4.78 is 40.7. The van der Waals surface area contributed by atoms with E-state index in [2.05, 4.69) is 20.4 Å². The summed E-state index contributed by atoms with van der Waals surface area (Å²) in [4.78, 5) is 18.5. The van der Waals surface area contributed by atoms with Crippen molar-refractivity contribution in [2.45, 2.75) is 19.6 Å². The number of hydrogen-bond donors (Lipinski definition) is 2. The molecule has 0 aliphatic carbocycles. The number of nitrogens with zero attached hydrogens (tertiary/aromatic N) is 2. The van der Waals surface area contributed by atoms with Gasteiger partial charge in [0.25, 0.3) is 0 Å². The lowest BCUT2D eigenvalue weighted by atomic mass is 10.1. The van der Waals surface area contributed by atoms with Crippen LogP contribution in [0.2, 0.25) is 0 Å². The molecule has 172 valence electrons. The smallest absolute Gasteiger partial charge is 0.387 e. The molecule has 0 saturated heterocycles. The predicted molar refractivity (Wildman–Crippen MR) is 125 cm³/mol. The topological polar surface area (TPSA) is 84.4 Å². The average molecular weight is 560 g/mol. The molecule has 0 spiro atoms. The van der Waals surface area contributed by atoms with Gasteiger partial charge in [-0.2, -0.15) is 8.78 Å². The van der Waals surface area contributed by atoms with Gasteiger partial charge in [0.05, 0.1) is 6.54 Å². The Labute approximate surface area is 200 Å². The molecule has 0 radical (unpaired) electrons. The van der Waals surface area contributed by atoms with Crippen LogP contribution in [0.3, 0.4) is 0 Å². The first-order chi connectivity index (χ1) is 15.0. The molecule has 0 atom stereocenters. The van der Waals surface area contributed by atoms with Crippen molar-refractivity contribution in [1.82, 2.24) is 10.6 Å². The Hall–Kier alpha value is -2.83. The van der Waals surface area contributed by atoms with Crippen molar-refractivity contribution >= 4 is 41.5 Å². The third kappa shape index (κ3) is 5.31. The number of rotatable bonds is 6. The Morgan fingerprint density at radius 3 is 2.72 bits per heavy atom. The van der Waals surface area contributed by atoms with Crippen LogP contribution >= 0.6 is 24.0 Å². The predicted octanol–water partition coefficient (Wildman–Crippen LogP) is 2.89. The molecule has 11 heteroatoms. The fourth-order valence-corrected chi connectivity index (χ4v) is 3.56. The third-order valence-electron chi connectivity index (χ3n) is 5.04. The Balaban J connectivity index is 0.00000289. The second-order valence-corrected chi connectivity index (χ2v) is 6.90. The summed E-state index contributed by atoms with van der Waals surface area (Å²) in [6.07, 6.45) is 0.825. The maximum absolute atomic E-state index is 12.8. The van der Waals surface area contributed by atoms with Gasteiger partial charge >= 0.3 is 6.61 Å². The number of hydrogen-bond acceptors (Lipinski definition) is 5. The van der Waals surface area contributed by atoms with E-state index in [9.17, 15) is 13.6 Å². The molecule has 2 aliphatic heterocycles. The van der Waals surface area contributed by atoms with E-state index in [1.807, 2.05) is 24.3 Å². The van der Waals surface area contributed by atoms with E-state index >= 15 is 0 Å². The molecule has 0 saturated carbocycles. The lowest BCUT2D eigenvalue weighted by Gasteiger charge is -2.19. The van der Waals surface area contributed by atoms with Gasteiger partial charge < -0.3 is 29.7 Å². The van der Waals surface area contributed by atoms with Crippen LogP contribution in [0.15, 0.2) is 41.4 Å². The first-order valence-corrected chi connectivity index (χ1v) is 9.75. The maximum atomic E-state index is 12.8. The van der Waals surface area contributed by atoms with Crippen LogP contribution in [0.25, 0.3) is 0 Å². The minimum atomic E-state index is -2.97. The van der Waals surface area contributed by atoms with Crippen LogP contribution in [0.1, 0.15) is 11.1 Å². The number of para-hydroxylation sites is 1. The molecule has 8 nitrogen and oxygen atoms in total. The van der Waals surface area contributed by atoms with Gasteiger partial charge in [0, 0.05) is 37.5 Å². The van der Waals surface area contributed by atoms with Gasteiger partial charge in [0.2, 0.25) is 12.7 Å². The number of benzene rings is 2. The van der Waals surface area contributed by atoms with Crippen LogP contribution in [0.5, 0.6) is 17.2 Å². The summed E-state index contributed by atoms with van der Waals surface area (Å²) in [7, 11) is 1.56. The fraction of sp³-hybridized carbons (Fsp3) is 0.333. The molecule has 32 heavy (non-hydrogen) atoms. The van der Waals surface area contributed by atoms with E-state index in [1.54, 1.807) is 18.0 Å². The quantitative estimate of drug-likeness (QED) is 0.322. The second kappa shape index (κ2) is 10.7. The zero-order valence-corrected chi connectivity index (χ0v) is 19.6. The highest BCUT2D eigenvalue weighted by molar-refractivity contribution is 14.0. The van der Waals surface area contributed by atoms with Gasteiger partial charge in [0.15, 0.2) is 17.5 Å². The molecule has 0 unspecified atom stereocenters. The molecule has 0 bridgehead atoms. The number of ether oxygens (including phenoxy) is 3. The van der Waals surface area contributed by atoms with Crippen LogP contribution in [-0.2, 0) is 17.8 Å². The number of carbonyl (C=O) groups excluding carboxylic acids is 1. The SMILES string of the molecule is CN=C(NCC(=O)N1CCc2ccccc21)NCc1cc2c(cc1OC(F)F)OCO2.I. The molecule has 2 heterocycles. The number of alkyl halides is 2. The number of guanidine groups is 1. The third-order valence-corrected chi connectivity index (χ3v) is 5.04. The van der Waals surface area contributed by atoms with E-state index in [-0.39, 0.29) is 55.5 Å². The van der Waals surface area contributed by atoms with Crippen LogP contribution in [0, 0.1) is 0 Å². The van der Waals surface area contributed by atoms with Crippen LogP contribution in [-0.4, -0.2) is 45.4 Å². The number of fused-ring (bicyclic) bond motifs is 2. The first kappa shape index (κ1) is 23.8. The summed E-state index contributed by atoms with van der Waals surface area (Å²) in [5.41, 5.74) is 2.51. The summed E-state index contributed by atoms with van der Waals surface area (Å²) in [6, 6.07) is 10.8. The monoisotopic (exact) mass is 560 g/mol. The number of nitrogens with one attached hydrogen (secondary N) is 2. The Kier molecular flexibility index (Phi) is 7.94. The highest BCUT2D eigenvalue weighted by Gasteiger charge is 2.24.